The van der Waals surface area contributed by atoms with Gasteiger partial charge in [-0.25, -0.2) is 4.98 Å². The summed E-state index contributed by atoms with van der Waals surface area (Å²) in [6.45, 7) is 3.11. The maximum absolute atomic E-state index is 5.09. The first kappa shape index (κ1) is 14.8. The van der Waals surface area contributed by atoms with Gasteiger partial charge in [-0.15, -0.1) is 23.1 Å². The van der Waals surface area contributed by atoms with Gasteiger partial charge in [-0.3, -0.25) is 4.40 Å². The van der Waals surface area contributed by atoms with Crippen molar-refractivity contribution in [3.63, 3.8) is 0 Å². The molecule has 0 amide bonds. The minimum atomic E-state index is 0.720. The van der Waals surface area contributed by atoms with Gasteiger partial charge in [-0.05, 0) is 0 Å². The summed E-state index contributed by atoms with van der Waals surface area (Å²) in [6, 6.07) is 0. The molecule has 0 aliphatic carbocycles. The summed E-state index contributed by atoms with van der Waals surface area (Å²) in [4.78, 5) is 5.71. The fourth-order valence-electron chi connectivity index (χ4n) is 1.69. The van der Waals surface area contributed by atoms with E-state index in [0.29, 0.717) is 0 Å². The van der Waals surface area contributed by atoms with Crippen LogP contribution in [0.5, 0.6) is 0 Å². The number of thiazole rings is 1. The van der Waals surface area contributed by atoms with Crippen molar-refractivity contribution in [3.8, 4) is 0 Å². The summed E-state index contributed by atoms with van der Waals surface area (Å²) in [5.74, 6) is 0.923. The second-order valence-corrected chi connectivity index (χ2v) is 5.89. The number of fused-ring (bicyclic) bond motifs is 1. The zero-order chi connectivity index (χ0) is 13.5. The molecule has 0 atom stereocenters. The SMILES string of the molecule is COCCNCc1c(SCCOC)nc2sccn12. The highest BCUT2D eigenvalue weighted by molar-refractivity contribution is 7.99. The predicted molar refractivity (Wildman–Crippen MR) is 79.3 cm³/mol. The van der Waals surface area contributed by atoms with E-state index in [0.717, 1.165) is 42.0 Å². The molecular weight excluding hydrogens is 282 g/mol. The van der Waals surface area contributed by atoms with Crippen molar-refractivity contribution in [2.75, 3.05) is 39.7 Å². The first-order chi connectivity index (χ1) is 9.36. The Hall–Kier alpha value is -0.600. The molecule has 2 aromatic rings. The summed E-state index contributed by atoms with van der Waals surface area (Å²) in [7, 11) is 3.43. The third kappa shape index (κ3) is 3.93. The maximum Gasteiger partial charge on any atom is 0.194 e. The molecule has 0 saturated carbocycles. The van der Waals surface area contributed by atoms with Gasteiger partial charge in [0.15, 0.2) is 4.96 Å². The van der Waals surface area contributed by atoms with Gasteiger partial charge in [0.1, 0.15) is 5.03 Å². The van der Waals surface area contributed by atoms with Crippen LogP contribution in [0.2, 0.25) is 0 Å². The van der Waals surface area contributed by atoms with E-state index in [4.69, 9.17) is 9.47 Å². The summed E-state index contributed by atoms with van der Waals surface area (Å²) >= 11 is 3.40. The monoisotopic (exact) mass is 301 g/mol. The highest BCUT2D eigenvalue weighted by atomic mass is 32.2. The predicted octanol–water partition coefficient (Wildman–Crippen LogP) is 1.87. The molecule has 1 N–H and O–H groups in total. The van der Waals surface area contributed by atoms with E-state index in [1.54, 1.807) is 37.3 Å². The molecule has 0 spiro atoms. The smallest absolute Gasteiger partial charge is 0.194 e. The van der Waals surface area contributed by atoms with Crippen LogP contribution in [0.15, 0.2) is 16.6 Å². The molecule has 106 valence electrons. The number of rotatable bonds is 9. The normalized spacial score (nSPS) is 11.5. The van der Waals surface area contributed by atoms with Crippen molar-refractivity contribution in [2.24, 2.45) is 0 Å². The summed E-state index contributed by atoms with van der Waals surface area (Å²) in [6.07, 6.45) is 2.07. The van der Waals surface area contributed by atoms with Crippen LogP contribution in [0.1, 0.15) is 5.69 Å². The zero-order valence-electron chi connectivity index (χ0n) is 11.2. The molecule has 0 saturated heterocycles. The van der Waals surface area contributed by atoms with Crippen LogP contribution >= 0.6 is 23.1 Å². The number of hydrogen-bond acceptors (Lipinski definition) is 6. The van der Waals surface area contributed by atoms with Crippen LogP contribution in [-0.2, 0) is 16.0 Å². The highest BCUT2D eigenvalue weighted by Crippen LogP contribution is 2.25. The Balaban J connectivity index is 2.03. The van der Waals surface area contributed by atoms with Gasteiger partial charge in [-0.1, -0.05) is 0 Å². The lowest BCUT2D eigenvalue weighted by Crippen LogP contribution is -2.19. The Morgan fingerprint density at radius 1 is 1.37 bits per heavy atom. The molecule has 19 heavy (non-hydrogen) atoms. The zero-order valence-corrected chi connectivity index (χ0v) is 12.9. The molecule has 0 unspecified atom stereocenters. The van der Waals surface area contributed by atoms with Crippen LogP contribution in [0, 0.1) is 0 Å². The van der Waals surface area contributed by atoms with Crippen LogP contribution in [0.4, 0.5) is 0 Å². The largest absolute Gasteiger partial charge is 0.384 e. The number of thioether (sulfide) groups is 1. The third-order valence-electron chi connectivity index (χ3n) is 2.63. The van der Waals surface area contributed by atoms with Gasteiger partial charge in [0.05, 0.1) is 18.9 Å². The molecule has 0 aromatic carbocycles. The Kier molecular flexibility index (Phi) is 6.12. The van der Waals surface area contributed by atoms with E-state index in [9.17, 15) is 0 Å². The number of nitrogens with zero attached hydrogens (tertiary/aromatic N) is 2. The molecule has 2 rings (SSSR count). The number of nitrogens with one attached hydrogen (secondary N) is 1. The second-order valence-electron chi connectivity index (χ2n) is 3.93. The quantitative estimate of drug-likeness (QED) is 0.566. The third-order valence-corrected chi connectivity index (χ3v) is 4.35. The molecule has 0 bridgehead atoms. The molecule has 2 heterocycles. The number of ether oxygens (including phenoxy) is 2. The number of hydrogen-bond donors (Lipinski definition) is 1. The van der Waals surface area contributed by atoms with Crippen molar-refractivity contribution < 1.29 is 9.47 Å². The molecule has 0 radical (unpaired) electrons. The van der Waals surface area contributed by atoms with Gasteiger partial charge in [0.25, 0.3) is 0 Å². The van der Waals surface area contributed by atoms with Crippen LogP contribution in [0.3, 0.4) is 0 Å². The highest BCUT2D eigenvalue weighted by Gasteiger charge is 2.12. The first-order valence-corrected chi connectivity index (χ1v) is 7.99. The van der Waals surface area contributed by atoms with Crippen LogP contribution < -0.4 is 5.32 Å². The van der Waals surface area contributed by atoms with Crippen LogP contribution in [-0.4, -0.2) is 49.1 Å². The average molecular weight is 301 g/mol. The minimum Gasteiger partial charge on any atom is -0.384 e. The number of aromatic nitrogens is 2. The Morgan fingerprint density at radius 3 is 3.00 bits per heavy atom. The van der Waals surface area contributed by atoms with E-state index < -0.39 is 0 Å². The fourth-order valence-corrected chi connectivity index (χ4v) is 3.41. The summed E-state index contributed by atoms with van der Waals surface area (Å²) in [5.41, 5.74) is 1.22. The fraction of sp³-hybridized carbons (Fsp3) is 0.583. The van der Waals surface area contributed by atoms with Crippen molar-refractivity contribution >= 4 is 28.1 Å². The lowest BCUT2D eigenvalue weighted by molar-refractivity contribution is 0.199. The molecule has 0 aliphatic heterocycles. The molecule has 0 fully saturated rings. The molecule has 2 aromatic heterocycles. The topological polar surface area (TPSA) is 47.8 Å². The molecule has 5 nitrogen and oxygen atoms in total. The standard InChI is InChI=1S/C12H19N3O2S2/c1-16-5-3-13-9-10-11(18-8-6-17-2)14-12-15(10)4-7-19-12/h4,7,13H,3,5-6,8-9H2,1-2H3. The minimum absolute atomic E-state index is 0.720. The first-order valence-electron chi connectivity index (χ1n) is 6.12. The van der Waals surface area contributed by atoms with Gasteiger partial charge in [0.2, 0.25) is 0 Å². The van der Waals surface area contributed by atoms with Crippen molar-refractivity contribution in [1.82, 2.24) is 14.7 Å². The lowest BCUT2D eigenvalue weighted by atomic mass is 10.4. The molecule has 0 aliphatic rings. The molecular formula is C12H19N3O2S2. The summed E-state index contributed by atoms with van der Waals surface area (Å²) in [5, 5.41) is 6.53. The van der Waals surface area contributed by atoms with Crippen molar-refractivity contribution in [1.29, 1.82) is 0 Å². The van der Waals surface area contributed by atoms with Crippen LogP contribution in [0.25, 0.3) is 4.96 Å². The average Bonchev–Trinajstić information content (AvgIpc) is 2.97. The lowest BCUT2D eigenvalue weighted by Gasteiger charge is -2.06. The number of imidazole rings is 1. The van der Waals surface area contributed by atoms with Gasteiger partial charge >= 0.3 is 0 Å². The van der Waals surface area contributed by atoms with E-state index >= 15 is 0 Å². The van der Waals surface area contributed by atoms with E-state index in [-0.39, 0.29) is 0 Å². The Morgan fingerprint density at radius 2 is 2.21 bits per heavy atom. The maximum atomic E-state index is 5.09. The van der Waals surface area contributed by atoms with Gasteiger partial charge in [0, 0.05) is 44.6 Å². The Bertz CT molecular complexity index is 498. The van der Waals surface area contributed by atoms with Gasteiger partial charge in [-0.2, -0.15) is 0 Å². The molecule has 7 heteroatoms. The summed E-state index contributed by atoms with van der Waals surface area (Å²) < 4.78 is 12.3. The van der Waals surface area contributed by atoms with E-state index in [2.05, 4.69) is 26.3 Å². The second kappa shape index (κ2) is 7.86. The number of methoxy groups -OCH3 is 2. The van der Waals surface area contributed by atoms with Gasteiger partial charge < -0.3 is 14.8 Å². The Labute approximate surface area is 121 Å². The van der Waals surface area contributed by atoms with Crippen molar-refractivity contribution in [3.05, 3.63) is 17.3 Å². The van der Waals surface area contributed by atoms with Crippen molar-refractivity contribution in [2.45, 2.75) is 11.6 Å². The van der Waals surface area contributed by atoms with E-state index in [1.807, 2.05) is 0 Å². The van der Waals surface area contributed by atoms with E-state index in [1.165, 1.54) is 5.69 Å².